The largest absolute Gasteiger partial charge is 0.452 e. The standard InChI is InChI=1S/C15H21N3O4S/c1-11(2)18-8-12(6-16-18)14-9-17(7-13(14)10-19)23(20,21)15-4-3-5-22-15/h3-6,8,11,13-14,19H,7,9-10H2,1-2H3/t13-,14-/m0/s1. The molecule has 23 heavy (non-hydrogen) atoms. The van der Waals surface area contributed by atoms with Gasteiger partial charge >= 0.3 is 0 Å². The first-order chi connectivity index (χ1) is 10.9. The number of sulfonamides is 1. The van der Waals surface area contributed by atoms with Gasteiger partial charge in [0.25, 0.3) is 10.0 Å². The molecule has 3 rings (SSSR count). The van der Waals surface area contributed by atoms with Gasteiger partial charge in [0.2, 0.25) is 5.09 Å². The maximum absolute atomic E-state index is 12.6. The van der Waals surface area contributed by atoms with Crippen LogP contribution in [0.25, 0.3) is 0 Å². The lowest BCUT2D eigenvalue weighted by Crippen LogP contribution is -2.29. The molecule has 126 valence electrons. The summed E-state index contributed by atoms with van der Waals surface area (Å²) in [5.74, 6) is -0.221. The second-order valence-electron chi connectivity index (χ2n) is 6.15. The Morgan fingerprint density at radius 2 is 2.22 bits per heavy atom. The molecule has 1 saturated heterocycles. The second kappa shape index (κ2) is 6.10. The van der Waals surface area contributed by atoms with E-state index in [1.165, 1.54) is 16.6 Å². The topological polar surface area (TPSA) is 88.6 Å². The van der Waals surface area contributed by atoms with E-state index in [4.69, 9.17) is 4.42 Å². The minimum Gasteiger partial charge on any atom is -0.452 e. The smallest absolute Gasteiger partial charge is 0.276 e. The number of aliphatic hydroxyl groups is 1. The molecule has 0 radical (unpaired) electrons. The van der Waals surface area contributed by atoms with Crippen molar-refractivity contribution >= 4 is 10.0 Å². The third-order valence-corrected chi connectivity index (χ3v) is 6.03. The van der Waals surface area contributed by atoms with E-state index in [0.717, 1.165) is 5.56 Å². The van der Waals surface area contributed by atoms with E-state index in [1.54, 1.807) is 12.3 Å². The van der Waals surface area contributed by atoms with Crippen molar-refractivity contribution in [1.82, 2.24) is 14.1 Å². The number of aromatic nitrogens is 2. The Hall–Kier alpha value is -1.64. The zero-order valence-corrected chi connectivity index (χ0v) is 14.0. The molecule has 0 spiro atoms. The summed E-state index contributed by atoms with van der Waals surface area (Å²) in [6, 6.07) is 3.23. The molecule has 0 bridgehead atoms. The molecule has 0 unspecified atom stereocenters. The summed E-state index contributed by atoms with van der Waals surface area (Å²) in [7, 11) is -3.66. The molecule has 0 amide bonds. The Morgan fingerprint density at radius 3 is 2.78 bits per heavy atom. The minimum absolute atomic E-state index is 0.0623. The molecule has 3 heterocycles. The van der Waals surface area contributed by atoms with E-state index in [0.29, 0.717) is 6.54 Å². The summed E-state index contributed by atoms with van der Waals surface area (Å²) in [5.41, 5.74) is 0.954. The van der Waals surface area contributed by atoms with Gasteiger partial charge in [0.1, 0.15) is 0 Å². The van der Waals surface area contributed by atoms with E-state index in [-0.39, 0.29) is 36.1 Å². The highest BCUT2D eigenvalue weighted by Crippen LogP contribution is 2.35. The van der Waals surface area contributed by atoms with Gasteiger partial charge < -0.3 is 9.52 Å². The van der Waals surface area contributed by atoms with Crippen LogP contribution < -0.4 is 0 Å². The monoisotopic (exact) mass is 339 g/mol. The molecule has 0 aromatic carbocycles. The summed E-state index contributed by atoms with van der Waals surface area (Å²) < 4.78 is 33.4. The number of hydrogen-bond donors (Lipinski definition) is 1. The van der Waals surface area contributed by atoms with Crippen molar-refractivity contribution in [2.45, 2.75) is 30.9 Å². The van der Waals surface area contributed by atoms with E-state index in [2.05, 4.69) is 5.10 Å². The molecular weight excluding hydrogens is 318 g/mol. The van der Waals surface area contributed by atoms with Crippen LogP contribution in [-0.2, 0) is 10.0 Å². The SMILES string of the molecule is CC(C)n1cc([C@@H]2CN(S(=O)(=O)c3ccco3)C[C@H]2CO)cn1. The molecule has 0 aliphatic carbocycles. The van der Waals surface area contributed by atoms with Crippen LogP contribution in [0.3, 0.4) is 0 Å². The minimum atomic E-state index is -3.66. The molecule has 1 N–H and O–H groups in total. The molecule has 2 atom stereocenters. The Labute approximate surface area is 135 Å². The maximum Gasteiger partial charge on any atom is 0.276 e. The third-order valence-electron chi connectivity index (χ3n) is 4.31. The average Bonchev–Trinajstić information content (AvgIpc) is 3.25. The van der Waals surface area contributed by atoms with Gasteiger partial charge in [-0.05, 0) is 31.5 Å². The van der Waals surface area contributed by atoms with E-state index >= 15 is 0 Å². The number of aliphatic hydroxyl groups excluding tert-OH is 1. The van der Waals surface area contributed by atoms with Crippen LogP contribution in [0.1, 0.15) is 31.4 Å². The zero-order valence-electron chi connectivity index (χ0n) is 13.2. The first-order valence-electron chi connectivity index (χ1n) is 7.62. The lowest BCUT2D eigenvalue weighted by Gasteiger charge is -2.14. The van der Waals surface area contributed by atoms with Crippen LogP contribution in [-0.4, -0.2) is 47.3 Å². The van der Waals surface area contributed by atoms with Gasteiger partial charge in [-0.3, -0.25) is 4.68 Å². The fourth-order valence-electron chi connectivity index (χ4n) is 2.95. The summed E-state index contributed by atoms with van der Waals surface area (Å²) >= 11 is 0. The second-order valence-corrected chi connectivity index (χ2v) is 8.02. The Kier molecular flexibility index (Phi) is 4.31. The number of rotatable bonds is 5. The van der Waals surface area contributed by atoms with Crippen molar-refractivity contribution in [3.8, 4) is 0 Å². The number of furan rings is 1. The van der Waals surface area contributed by atoms with E-state index in [9.17, 15) is 13.5 Å². The summed E-state index contributed by atoms with van der Waals surface area (Å²) in [4.78, 5) is 0. The summed E-state index contributed by atoms with van der Waals surface area (Å²) in [5, 5.41) is 13.9. The first-order valence-corrected chi connectivity index (χ1v) is 9.06. The van der Waals surface area contributed by atoms with Crippen molar-refractivity contribution < 1.29 is 17.9 Å². The van der Waals surface area contributed by atoms with Crippen LogP contribution in [0.4, 0.5) is 0 Å². The van der Waals surface area contributed by atoms with Crippen LogP contribution in [0, 0.1) is 5.92 Å². The van der Waals surface area contributed by atoms with Crippen LogP contribution in [0.2, 0.25) is 0 Å². The molecule has 1 aliphatic rings. The van der Waals surface area contributed by atoms with Gasteiger partial charge in [0.05, 0.1) is 12.5 Å². The highest BCUT2D eigenvalue weighted by atomic mass is 32.2. The molecule has 2 aromatic rings. The third kappa shape index (κ3) is 2.93. The molecule has 1 fully saturated rings. The molecule has 8 heteroatoms. The molecule has 1 aliphatic heterocycles. The van der Waals surface area contributed by atoms with Crippen LogP contribution >= 0.6 is 0 Å². The van der Waals surface area contributed by atoms with Gasteiger partial charge in [-0.2, -0.15) is 9.40 Å². The van der Waals surface area contributed by atoms with Crippen molar-refractivity contribution in [2.75, 3.05) is 19.7 Å². The van der Waals surface area contributed by atoms with Crippen molar-refractivity contribution in [1.29, 1.82) is 0 Å². The van der Waals surface area contributed by atoms with Crippen molar-refractivity contribution in [2.24, 2.45) is 5.92 Å². The molecule has 7 nitrogen and oxygen atoms in total. The van der Waals surface area contributed by atoms with Gasteiger partial charge in [-0.15, -0.1) is 0 Å². The predicted molar refractivity (Wildman–Crippen MR) is 83.4 cm³/mol. The van der Waals surface area contributed by atoms with Gasteiger partial charge in [-0.25, -0.2) is 8.42 Å². The normalized spacial score (nSPS) is 23.0. The predicted octanol–water partition coefficient (Wildman–Crippen LogP) is 1.45. The summed E-state index contributed by atoms with van der Waals surface area (Å²) in [6.07, 6.45) is 5.04. The van der Waals surface area contributed by atoms with Crippen molar-refractivity contribution in [3.05, 3.63) is 36.4 Å². The highest BCUT2D eigenvalue weighted by molar-refractivity contribution is 7.89. The first kappa shape index (κ1) is 16.2. The fourth-order valence-corrected chi connectivity index (χ4v) is 4.38. The molecular formula is C15H21N3O4S. The lowest BCUT2D eigenvalue weighted by atomic mass is 9.92. The number of hydrogen-bond acceptors (Lipinski definition) is 5. The zero-order chi connectivity index (χ0) is 16.6. The maximum atomic E-state index is 12.6. The van der Waals surface area contributed by atoms with Gasteiger partial charge in [0.15, 0.2) is 0 Å². The van der Waals surface area contributed by atoms with Gasteiger partial charge in [-0.1, -0.05) is 0 Å². The Bertz CT molecular complexity index is 752. The van der Waals surface area contributed by atoms with E-state index in [1.807, 2.05) is 24.7 Å². The van der Waals surface area contributed by atoms with Crippen LogP contribution in [0.5, 0.6) is 0 Å². The number of nitrogens with zero attached hydrogens (tertiary/aromatic N) is 3. The molecule has 2 aromatic heterocycles. The Morgan fingerprint density at radius 1 is 1.43 bits per heavy atom. The quantitative estimate of drug-likeness (QED) is 0.891. The lowest BCUT2D eigenvalue weighted by molar-refractivity contribution is 0.223. The van der Waals surface area contributed by atoms with Crippen molar-refractivity contribution in [3.63, 3.8) is 0 Å². The Balaban J connectivity index is 1.86. The van der Waals surface area contributed by atoms with E-state index < -0.39 is 10.0 Å². The highest BCUT2D eigenvalue weighted by Gasteiger charge is 2.41. The molecule has 0 saturated carbocycles. The summed E-state index contributed by atoms with van der Waals surface area (Å²) in [6.45, 7) is 4.59. The van der Waals surface area contributed by atoms with Gasteiger partial charge in [0, 0.05) is 43.8 Å². The van der Waals surface area contributed by atoms with Crippen LogP contribution in [0.15, 0.2) is 40.3 Å². The fraction of sp³-hybridized carbons (Fsp3) is 0.533. The average molecular weight is 339 g/mol.